The molecule has 2 aliphatic rings. The lowest BCUT2D eigenvalue weighted by molar-refractivity contribution is -0.114. The number of ether oxygens (including phenoxy) is 1. The summed E-state index contributed by atoms with van der Waals surface area (Å²) in [5.41, 5.74) is 3.84. The van der Waals surface area contributed by atoms with E-state index in [1.165, 1.54) is 0 Å². The van der Waals surface area contributed by atoms with Gasteiger partial charge in [0.25, 0.3) is 5.91 Å². The number of halogens is 1. The predicted octanol–water partition coefficient (Wildman–Crippen LogP) is 4.37. The fraction of sp³-hybridized carbons (Fsp3) is 0.200. The molecule has 7 heteroatoms. The summed E-state index contributed by atoms with van der Waals surface area (Å²) in [6.07, 6.45) is -1.27. The van der Waals surface area contributed by atoms with Gasteiger partial charge in [0, 0.05) is 40.5 Å². The maximum absolute atomic E-state index is 13.1. The molecule has 2 heterocycles. The molecule has 27 heavy (non-hydrogen) atoms. The van der Waals surface area contributed by atoms with Crippen molar-refractivity contribution in [3.05, 3.63) is 64.7 Å². The number of benzene rings is 2. The van der Waals surface area contributed by atoms with Crippen molar-refractivity contribution in [3.63, 3.8) is 0 Å². The highest BCUT2D eigenvalue weighted by molar-refractivity contribution is 6.31. The Morgan fingerprint density at radius 2 is 1.96 bits per heavy atom. The number of carboxylic acid groups (broad SMARTS) is 1. The number of nitrogens with one attached hydrogen (secondary N) is 1. The number of nitrogens with zero attached hydrogens (tertiary/aromatic N) is 1. The summed E-state index contributed by atoms with van der Waals surface area (Å²) >= 11 is 6.08. The molecule has 0 radical (unpaired) electrons. The van der Waals surface area contributed by atoms with E-state index in [4.69, 9.17) is 21.4 Å². The number of amides is 1. The zero-order chi connectivity index (χ0) is 19.0. The summed E-state index contributed by atoms with van der Waals surface area (Å²) in [7, 11) is 0. The Labute approximate surface area is 161 Å². The first-order valence-electron chi connectivity index (χ1n) is 8.58. The topological polar surface area (TPSA) is 78.9 Å². The number of para-hydroxylation sites is 1. The second kappa shape index (κ2) is 6.96. The van der Waals surface area contributed by atoms with E-state index in [0.717, 1.165) is 16.8 Å². The Balaban J connectivity index is 1.75. The molecule has 0 bridgehead atoms. The molecule has 1 saturated heterocycles. The van der Waals surface area contributed by atoms with Crippen molar-refractivity contribution >= 4 is 40.6 Å². The second-order valence-corrected chi connectivity index (χ2v) is 6.85. The highest BCUT2D eigenvalue weighted by atomic mass is 35.5. The quantitative estimate of drug-likeness (QED) is 0.593. The lowest BCUT2D eigenvalue weighted by atomic mass is 9.91. The van der Waals surface area contributed by atoms with Crippen molar-refractivity contribution in [3.8, 4) is 0 Å². The van der Waals surface area contributed by atoms with Crippen LogP contribution in [0.4, 0.5) is 16.2 Å². The first kappa shape index (κ1) is 17.4. The summed E-state index contributed by atoms with van der Waals surface area (Å²) in [6, 6.07) is 14.8. The zero-order valence-corrected chi connectivity index (χ0v) is 15.1. The fourth-order valence-corrected chi connectivity index (χ4v) is 3.80. The van der Waals surface area contributed by atoms with Crippen molar-refractivity contribution in [2.24, 2.45) is 0 Å². The van der Waals surface area contributed by atoms with Crippen molar-refractivity contribution in [1.29, 1.82) is 0 Å². The van der Waals surface area contributed by atoms with E-state index in [1.54, 1.807) is 17.0 Å². The number of fused-ring (bicyclic) bond motifs is 1. The lowest BCUT2D eigenvalue weighted by Gasteiger charge is -2.29. The molecular weight excluding hydrogens is 368 g/mol. The van der Waals surface area contributed by atoms with Gasteiger partial charge in [-0.15, -0.1) is 0 Å². The molecule has 1 fully saturated rings. The van der Waals surface area contributed by atoms with Gasteiger partial charge < -0.3 is 20.1 Å². The van der Waals surface area contributed by atoms with Gasteiger partial charge in [0.2, 0.25) is 0 Å². The summed E-state index contributed by atoms with van der Waals surface area (Å²) in [5.74, 6) is -0.0620. The van der Waals surface area contributed by atoms with E-state index in [2.05, 4.69) is 5.32 Å². The predicted molar refractivity (Wildman–Crippen MR) is 103 cm³/mol. The number of hydrogen-bond acceptors (Lipinski definition) is 4. The first-order valence-corrected chi connectivity index (χ1v) is 8.95. The molecule has 2 aliphatic heterocycles. The Morgan fingerprint density at radius 3 is 2.70 bits per heavy atom. The van der Waals surface area contributed by atoms with Crippen LogP contribution in [0.1, 0.15) is 18.4 Å². The van der Waals surface area contributed by atoms with E-state index in [0.29, 0.717) is 29.2 Å². The largest absolute Gasteiger partial charge is 0.507 e. The van der Waals surface area contributed by atoms with Crippen molar-refractivity contribution in [2.75, 3.05) is 16.8 Å². The van der Waals surface area contributed by atoms with E-state index >= 15 is 0 Å². The van der Waals surface area contributed by atoms with Gasteiger partial charge in [-0.2, -0.15) is 0 Å². The Kier molecular flexibility index (Phi) is 4.49. The van der Waals surface area contributed by atoms with Crippen molar-refractivity contribution in [1.82, 2.24) is 0 Å². The van der Waals surface area contributed by atoms with Gasteiger partial charge in [-0.3, -0.25) is 4.79 Å². The van der Waals surface area contributed by atoms with E-state index in [1.807, 2.05) is 36.4 Å². The molecule has 2 aromatic rings. The van der Waals surface area contributed by atoms with E-state index in [9.17, 15) is 9.59 Å². The van der Waals surface area contributed by atoms with Gasteiger partial charge in [-0.05, 0) is 36.3 Å². The van der Waals surface area contributed by atoms with E-state index in [-0.39, 0.29) is 12.3 Å². The highest BCUT2D eigenvalue weighted by Crippen LogP contribution is 2.40. The van der Waals surface area contributed by atoms with Crippen LogP contribution in [0.3, 0.4) is 0 Å². The summed E-state index contributed by atoms with van der Waals surface area (Å²) < 4.78 is 4.93. The molecule has 6 nitrogen and oxygen atoms in total. The van der Waals surface area contributed by atoms with Gasteiger partial charge in [-0.25, -0.2) is 4.79 Å². The Bertz CT molecular complexity index is 942. The molecule has 0 aliphatic carbocycles. The summed E-state index contributed by atoms with van der Waals surface area (Å²) in [5, 5.41) is 12.5. The Morgan fingerprint density at radius 1 is 1.19 bits per heavy atom. The molecule has 1 atom stereocenters. The van der Waals surface area contributed by atoms with Crippen molar-refractivity contribution < 1.29 is 19.4 Å². The number of rotatable bonds is 2. The van der Waals surface area contributed by atoms with Crippen LogP contribution in [0.5, 0.6) is 0 Å². The molecule has 1 unspecified atom stereocenters. The van der Waals surface area contributed by atoms with Crippen LogP contribution < -0.4 is 10.2 Å². The van der Waals surface area contributed by atoms with Crippen LogP contribution in [-0.2, 0) is 9.53 Å². The first-order chi connectivity index (χ1) is 13.0. The molecule has 0 aromatic heterocycles. The van der Waals surface area contributed by atoms with E-state index < -0.39 is 12.4 Å². The van der Waals surface area contributed by atoms with Gasteiger partial charge in [0.15, 0.2) is 6.23 Å². The lowest BCUT2D eigenvalue weighted by Crippen LogP contribution is -2.31. The number of carbonyl (C=O) groups is 2. The second-order valence-electron chi connectivity index (χ2n) is 6.41. The maximum atomic E-state index is 13.1. The maximum Gasteiger partial charge on any atom is 0.507 e. The van der Waals surface area contributed by atoms with Crippen LogP contribution >= 0.6 is 11.6 Å². The average molecular weight is 385 g/mol. The Hall–Kier alpha value is -2.99. The summed E-state index contributed by atoms with van der Waals surface area (Å²) in [6.45, 7) is 0.586. The van der Waals surface area contributed by atoms with Crippen molar-refractivity contribution in [2.45, 2.75) is 19.1 Å². The standard InChI is InChI=1S/C20H17ClN2O4/c21-12-6-7-14-16(11-18(27-20(25)26)22-17(14)10-12)15-8-9-23(19(15)24)13-4-2-1-3-5-13/h1-7,10,18,22H,8-9,11H2,(H,25,26). The SMILES string of the molecule is O=C(O)OC1CC(=C2CCN(c3ccccc3)C2=O)c2ccc(Cl)cc2N1. The third-order valence-corrected chi connectivity index (χ3v) is 5.01. The number of anilines is 2. The molecule has 2 aromatic carbocycles. The average Bonchev–Trinajstić information content (AvgIpc) is 3.02. The minimum Gasteiger partial charge on any atom is -0.450 e. The van der Waals surface area contributed by atoms with Crippen LogP contribution in [0.15, 0.2) is 54.1 Å². The van der Waals surface area contributed by atoms with Crippen LogP contribution in [-0.4, -0.2) is 29.9 Å². The third kappa shape index (κ3) is 3.36. The molecule has 0 saturated carbocycles. The smallest absolute Gasteiger partial charge is 0.450 e. The normalized spacial score (nSPS) is 21.6. The molecule has 138 valence electrons. The third-order valence-electron chi connectivity index (χ3n) is 4.78. The molecule has 4 rings (SSSR count). The number of carbonyl (C=O) groups excluding carboxylic acids is 1. The molecule has 2 N–H and O–H groups in total. The molecular formula is C20H17ClN2O4. The van der Waals surface area contributed by atoms with Gasteiger partial charge >= 0.3 is 6.16 Å². The number of hydrogen-bond donors (Lipinski definition) is 2. The minimum absolute atomic E-state index is 0.0620. The minimum atomic E-state index is -1.37. The van der Waals surface area contributed by atoms with Crippen LogP contribution in [0.2, 0.25) is 5.02 Å². The molecule has 0 spiro atoms. The highest BCUT2D eigenvalue weighted by Gasteiger charge is 2.34. The fourth-order valence-electron chi connectivity index (χ4n) is 3.63. The van der Waals surface area contributed by atoms with Crippen LogP contribution in [0, 0.1) is 0 Å². The van der Waals surface area contributed by atoms with Crippen LogP contribution in [0.25, 0.3) is 5.57 Å². The monoisotopic (exact) mass is 384 g/mol. The van der Waals surface area contributed by atoms with Gasteiger partial charge in [0.05, 0.1) is 0 Å². The zero-order valence-electron chi connectivity index (χ0n) is 14.3. The van der Waals surface area contributed by atoms with Gasteiger partial charge in [-0.1, -0.05) is 35.9 Å². The molecule has 1 amide bonds. The van der Waals surface area contributed by atoms with Gasteiger partial charge in [0.1, 0.15) is 0 Å². The summed E-state index contributed by atoms with van der Waals surface area (Å²) in [4.78, 5) is 25.8.